The molecule has 1 aromatic heterocycles. The molecule has 2 N–H and O–H groups in total. The van der Waals surface area contributed by atoms with Crippen molar-refractivity contribution in [2.45, 2.75) is 76.3 Å². The summed E-state index contributed by atoms with van der Waals surface area (Å²) in [4.78, 5) is 14.8. The number of anilines is 1. The molecule has 3 aromatic rings. The number of unbranched alkanes of at least 4 members (excludes halogenated alkanes) is 1. The van der Waals surface area contributed by atoms with Crippen LogP contribution in [0.5, 0.6) is 5.75 Å². The van der Waals surface area contributed by atoms with Gasteiger partial charge >= 0.3 is 6.03 Å². The highest BCUT2D eigenvalue weighted by molar-refractivity contribution is 5.96. The zero-order valence-corrected chi connectivity index (χ0v) is 22.8. The third-order valence-electron chi connectivity index (χ3n) is 8.72. The van der Waals surface area contributed by atoms with Crippen molar-refractivity contribution < 1.29 is 9.53 Å². The molecule has 0 unspecified atom stereocenters. The minimum Gasteiger partial charge on any atom is -0.494 e. The molecule has 2 aromatic carbocycles. The Kier molecular flexibility index (Phi) is 7.74. The van der Waals surface area contributed by atoms with Gasteiger partial charge in [-0.15, -0.1) is 0 Å². The number of nitrogens with one attached hydrogen (secondary N) is 2. The highest BCUT2D eigenvalue weighted by Crippen LogP contribution is 2.43. The summed E-state index contributed by atoms with van der Waals surface area (Å²) in [5.74, 6) is 0.870. The van der Waals surface area contributed by atoms with E-state index in [0.717, 1.165) is 72.1 Å². The quantitative estimate of drug-likeness (QED) is 0.284. The fraction of sp³-hybridized carbons (Fsp3) is 0.500. The molecule has 2 amide bonds. The van der Waals surface area contributed by atoms with Crippen LogP contribution in [0.3, 0.4) is 0 Å². The van der Waals surface area contributed by atoms with E-state index in [4.69, 9.17) is 4.74 Å². The summed E-state index contributed by atoms with van der Waals surface area (Å²) in [5, 5.41) is 17.2. The zero-order chi connectivity index (χ0) is 26.6. The van der Waals surface area contributed by atoms with Crippen LogP contribution < -0.4 is 15.4 Å². The number of fused-ring (bicyclic) bond motifs is 1. The Morgan fingerprint density at radius 2 is 1.74 bits per heavy atom. The number of nitrogens with zero attached hydrogens (tertiary/aromatic N) is 3. The van der Waals surface area contributed by atoms with Crippen molar-refractivity contribution in [2.24, 2.45) is 0 Å². The van der Waals surface area contributed by atoms with Crippen LogP contribution >= 0.6 is 0 Å². The van der Waals surface area contributed by atoms with Gasteiger partial charge in [-0.25, -0.2) is 4.79 Å². The van der Waals surface area contributed by atoms with E-state index in [1.807, 2.05) is 36.4 Å². The van der Waals surface area contributed by atoms with Crippen molar-refractivity contribution in [2.75, 3.05) is 31.6 Å². The number of urea groups is 1. The number of likely N-dealkylation sites (tertiary alicyclic amines) is 1. The van der Waals surface area contributed by atoms with E-state index < -0.39 is 0 Å². The molecule has 6 rings (SSSR count). The Morgan fingerprint density at radius 3 is 2.41 bits per heavy atom. The van der Waals surface area contributed by atoms with Gasteiger partial charge in [0.25, 0.3) is 0 Å². The van der Waals surface area contributed by atoms with E-state index in [1.54, 1.807) is 0 Å². The summed E-state index contributed by atoms with van der Waals surface area (Å²) in [6.07, 6.45) is 11.6. The number of benzene rings is 2. The van der Waals surface area contributed by atoms with E-state index >= 15 is 0 Å². The number of hydrogen-bond acceptors (Lipinski definition) is 4. The zero-order valence-electron chi connectivity index (χ0n) is 22.8. The number of aromatic nitrogens is 1. The maximum absolute atomic E-state index is 12.3. The average Bonchev–Trinajstić information content (AvgIpc) is 3.52. The van der Waals surface area contributed by atoms with Gasteiger partial charge in [0.05, 0.1) is 23.4 Å². The predicted molar refractivity (Wildman–Crippen MR) is 155 cm³/mol. The number of carbonyl (C=O) groups excluding carboxylic acids is 1. The minimum absolute atomic E-state index is 0.155. The second-order valence-corrected chi connectivity index (χ2v) is 11.4. The van der Waals surface area contributed by atoms with Gasteiger partial charge in [0.2, 0.25) is 0 Å². The monoisotopic (exact) mass is 525 g/mol. The normalized spacial score (nSPS) is 17.9. The van der Waals surface area contributed by atoms with Gasteiger partial charge in [-0.2, -0.15) is 5.26 Å². The average molecular weight is 526 g/mol. The van der Waals surface area contributed by atoms with E-state index in [2.05, 4.69) is 32.2 Å². The molecule has 0 atom stereocenters. The maximum atomic E-state index is 12.3. The van der Waals surface area contributed by atoms with Crippen LogP contribution in [0.4, 0.5) is 10.5 Å². The molecule has 7 nitrogen and oxygen atoms in total. The molecule has 2 heterocycles. The Balaban J connectivity index is 1.20. The summed E-state index contributed by atoms with van der Waals surface area (Å²) >= 11 is 0. The van der Waals surface area contributed by atoms with E-state index in [1.165, 1.54) is 45.3 Å². The highest BCUT2D eigenvalue weighted by atomic mass is 16.5. The lowest BCUT2D eigenvalue weighted by Crippen LogP contribution is -2.41. The molecule has 1 saturated heterocycles. The summed E-state index contributed by atoms with van der Waals surface area (Å²) in [6.45, 7) is 4.37. The fourth-order valence-electron chi connectivity index (χ4n) is 6.05. The van der Waals surface area contributed by atoms with E-state index in [0.29, 0.717) is 24.3 Å². The molecule has 1 aliphatic heterocycles. The first-order valence-corrected chi connectivity index (χ1v) is 14.8. The van der Waals surface area contributed by atoms with Crippen molar-refractivity contribution in [3.8, 4) is 23.1 Å². The Labute approximate surface area is 231 Å². The van der Waals surface area contributed by atoms with Gasteiger partial charge in [-0.3, -0.25) is 0 Å². The van der Waals surface area contributed by atoms with E-state index in [9.17, 15) is 10.1 Å². The number of rotatable bonds is 10. The number of hydrogen-bond donors (Lipinski definition) is 2. The van der Waals surface area contributed by atoms with E-state index in [-0.39, 0.29) is 6.03 Å². The molecule has 0 radical (unpaired) electrons. The fourth-order valence-corrected chi connectivity index (χ4v) is 6.05. The minimum atomic E-state index is -0.155. The lowest BCUT2D eigenvalue weighted by Gasteiger charge is -2.30. The molecule has 0 spiro atoms. The summed E-state index contributed by atoms with van der Waals surface area (Å²) in [5.41, 5.74) is 4.48. The molecule has 39 heavy (non-hydrogen) atoms. The third-order valence-corrected chi connectivity index (χ3v) is 8.72. The van der Waals surface area contributed by atoms with Crippen molar-refractivity contribution in [3.63, 3.8) is 0 Å². The maximum Gasteiger partial charge on any atom is 0.319 e. The van der Waals surface area contributed by atoms with Crippen LogP contribution in [0.25, 0.3) is 22.2 Å². The smallest absolute Gasteiger partial charge is 0.319 e. The summed E-state index contributed by atoms with van der Waals surface area (Å²) < 4.78 is 8.55. The molecular formula is C32H39N5O2. The van der Waals surface area contributed by atoms with Gasteiger partial charge in [0.15, 0.2) is 0 Å². The second kappa shape index (κ2) is 11.7. The molecule has 3 aliphatic rings. The van der Waals surface area contributed by atoms with Gasteiger partial charge in [0, 0.05) is 29.2 Å². The molecule has 2 saturated carbocycles. The molecule has 0 bridgehead atoms. The Hall–Kier alpha value is -3.50. The summed E-state index contributed by atoms with van der Waals surface area (Å²) in [6, 6.07) is 17.1. The van der Waals surface area contributed by atoms with Crippen LogP contribution in [0.2, 0.25) is 0 Å². The van der Waals surface area contributed by atoms with Crippen LogP contribution in [-0.2, 0) is 0 Å². The second-order valence-electron chi connectivity index (χ2n) is 11.4. The molecule has 7 heteroatoms. The topological polar surface area (TPSA) is 82.3 Å². The summed E-state index contributed by atoms with van der Waals surface area (Å²) in [7, 11) is 0. The Morgan fingerprint density at radius 1 is 0.974 bits per heavy atom. The third kappa shape index (κ3) is 5.62. The van der Waals surface area contributed by atoms with Crippen molar-refractivity contribution in [3.05, 3.63) is 48.0 Å². The predicted octanol–water partition coefficient (Wildman–Crippen LogP) is 6.83. The Bertz CT molecular complexity index is 1340. The number of nitriles is 1. The number of ether oxygens (including phenoxy) is 1. The first-order valence-electron chi connectivity index (χ1n) is 14.8. The lowest BCUT2D eigenvalue weighted by atomic mass is 9.92. The molecule has 3 fully saturated rings. The van der Waals surface area contributed by atoms with Gasteiger partial charge < -0.3 is 24.8 Å². The van der Waals surface area contributed by atoms with Crippen LogP contribution in [0.1, 0.15) is 75.8 Å². The van der Waals surface area contributed by atoms with Gasteiger partial charge in [0.1, 0.15) is 11.8 Å². The van der Waals surface area contributed by atoms with Crippen LogP contribution in [-0.4, -0.2) is 47.8 Å². The number of carbonyl (C=O) groups is 1. The molecule has 204 valence electrons. The number of amides is 2. The van der Waals surface area contributed by atoms with Gasteiger partial charge in [-0.05, 0) is 114 Å². The van der Waals surface area contributed by atoms with Crippen LogP contribution in [0.15, 0.2) is 42.5 Å². The van der Waals surface area contributed by atoms with Crippen molar-refractivity contribution in [1.29, 1.82) is 5.26 Å². The highest BCUT2D eigenvalue weighted by Gasteiger charge is 2.28. The molecule has 2 aliphatic carbocycles. The first kappa shape index (κ1) is 25.8. The largest absolute Gasteiger partial charge is 0.494 e. The standard InChI is InChI=1S/C32H39N5O2/c33-22-29-28-16-15-27(39-20-4-3-19-36-17-1-2-18-36)21-30(28)37(26-9-6-10-26)31(29)23-11-13-25(14-12-23)35-32(38)34-24-7-5-8-24/h11-16,21,24,26H,1-10,17-20H2,(H2,34,35,38). The van der Waals surface area contributed by atoms with Crippen LogP contribution in [0, 0.1) is 11.3 Å². The van der Waals surface area contributed by atoms with Gasteiger partial charge in [-0.1, -0.05) is 12.1 Å². The van der Waals surface area contributed by atoms with Crippen molar-refractivity contribution in [1.82, 2.24) is 14.8 Å². The first-order chi connectivity index (χ1) is 19.2. The SMILES string of the molecule is N#Cc1c(-c2ccc(NC(=O)NC3CCC3)cc2)n(C2CCC2)c2cc(OCCCCN3CCCC3)ccc12. The molecular weight excluding hydrogens is 486 g/mol. The van der Waals surface area contributed by atoms with Crippen molar-refractivity contribution >= 4 is 22.6 Å². The lowest BCUT2D eigenvalue weighted by molar-refractivity contribution is 0.240.